The molecule has 0 spiro atoms. The van der Waals surface area contributed by atoms with Crippen molar-refractivity contribution in [1.29, 1.82) is 0 Å². The summed E-state index contributed by atoms with van der Waals surface area (Å²) in [5.41, 5.74) is 6.13. The van der Waals surface area contributed by atoms with Crippen molar-refractivity contribution in [2.75, 3.05) is 5.73 Å². The monoisotopic (exact) mass is 216 g/mol. The minimum atomic E-state index is -4.29. The second-order valence-electron chi connectivity index (χ2n) is 3.11. The third kappa shape index (κ3) is 2.00. The average Bonchev–Trinajstić information content (AvgIpc) is 2.45. The maximum absolute atomic E-state index is 12.1. The minimum Gasteiger partial charge on any atom is -0.396 e. The highest BCUT2D eigenvalue weighted by Gasteiger charge is 2.28. The summed E-state index contributed by atoms with van der Waals surface area (Å²) in [5, 5.41) is 4.23. The van der Waals surface area contributed by atoms with Crippen LogP contribution in [0.5, 0.6) is 0 Å². The Kier molecular flexibility index (Phi) is 2.02. The van der Waals surface area contributed by atoms with Gasteiger partial charge in [-0.3, -0.25) is 9.67 Å². The third-order valence-electron chi connectivity index (χ3n) is 1.83. The first kappa shape index (κ1) is 9.75. The van der Waals surface area contributed by atoms with E-state index in [1.165, 1.54) is 18.6 Å². The van der Waals surface area contributed by atoms with Gasteiger partial charge in [-0.05, 0) is 0 Å². The highest BCUT2D eigenvalue weighted by Crippen LogP contribution is 2.21. The average molecular weight is 216 g/mol. The van der Waals surface area contributed by atoms with E-state index in [2.05, 4.69) is 10.1 Å². The number of fused-ring (bicyclic) bond motifs is 1. The predicted molar refractivity (Wildman–Crippen MR) is 48.0 cm³/mol. The van der Waals surface area contributed by atoms with Crippen molar-refractivity contribution in [3.05, 3.63) is 18.6 Å². The Labute approximate surface area is 82.5 Å². The van der Waals surface area contributed by atoms with E-state index in [0.717, 1.165) is 4.68 Å². The molecule has 2 aromatic heterocycles. The number of alkyl halides is 3. The summed E-state index contributed by atoms with van der Waals surface area (Å²) in [6, 6.07) is 0. The Balaban J connectivity index is 2.44. The Hall–Kier alpha value is -1.79. The number of nitrogen functional groups attached to an aromatic ring is 1. The smallest absolute Gasteiger partial charge is 0.396 e. The van der Waals surface area contributed by atoms with Gasteiger partial charge in [0.05, 0.1) is 11.9 Å². The van der Waals surface area contributed by atoms with Crippen LogP contribution in [-0.2, 0) is 6.54 Å². The summed E-state index contributed by atoms with van der Waals surface area (Å²) in [4.78, 5) is 3.76. The fourth-order valence-electron chi connectivity index (χ4n) is 1.28. The van der Waals surface area contributed by atoms with Crippen molar-refractivity contribution in [2.45, 2.75) is 12.7 Å². The number of nitrogens with zero attached hydrogens (tertiary/aromatic N) is 3. The lowest BCUT2D eigenvalue weighted by atomic mass is 10.3. The molecule has 0 aliphatic heterocycles. The third-order valence-corrected chi connectivity index (χ3v) is 1.83. The molecule has 0 saturated carbocycles. The highest BCUT2D eigenvalue weighted by molar-refractivity contribution is 5.87. The zero-order valence-electron chi connectivity index (χ0n) is 7.49. The van der Waals surface area contributed by atoms with Crippen molar-refractivity contribution in [3.8, 4) is 0 Å². The van der Waals surface area contributed by atoms with E-state index in [1.54, 1.807) is 0 Å². The lowest BCUT2D eigenvalue weighted by molar-refractivity contribution is -0.142. The molecule has 2 heterocycles. The first-order valence-corrected chi connectivity index (χ1v) is 4.09. The molecule has 0 fully saturated rings. The van der Waals surface area contributed by atoms with Gasteiger partial charge in [0.2, 0.25) is 0 Å². The molecule has 0 unspecified atom stereocenters. The highest BCUT2D eigenvalue weighted by atomic mass is 19.4. The molecule has 0 aromatic carbocycles. The van der Waals surface area contributed by atoms with Gasteiger partial charge in [0.1, 0.15) is 12.1 Å². The molecular formula is C8H7F3N4. The van der Waals surface area contributed by atoms with Crippen LogP contribution in [0.25, 0.3) is 10.9 Å². The van der Waals surface area contributed by atoms with E-state index >= 15 is 0 Å². The quantitative estimate of drug-likeness (QED) is 0.787. The normalized spacial score (nSPS) is 12.2. The van der Waals surface area contributed by atoms with Crippen molar-refractivity contribution in [1.82, 2.24) is 14.8 Å². The lowest BCUT2D eigenvalue weighted by Gasteiger charge is -2.04. The molecule has 0 aliphatic rings. The maximum atomic E-state index is 12.1. The molecule has 0 radical (unpaired) electrons. The van der Waals surface area contributed by atoms with Crippen molar-refractivity contribution >= 4 is 16.6 Å². The first-order chi connectivity index (χ1) is 6.96. The Morgan fingerprint density at radius 2 is 2.07 bits per heavy atom. The largest absolute Gasteiger partial charge is 0.408 e. The molecule has 0 saturated heterocycles. The number of halogens is 3. The van der Waals surface area contributed by atoms with Crippen molar-refractivity contribution < 1.29 is 13.2 Å². The van der Waals surface area contributed by atoms with Crippen LogP contribution < -0.4 is 5.73 Å². The van der Waals surface area contributed by atoms with Gasteiger partial charge in [-0.25, -0.2) is 0 Å². The van der Waals surface area contributed by atoms with E-state index in [4.69, 9.17) is 5.73 Å². The van der Waals surface area contributed by atoms with Crippen LogP contribution in [0.2, 0.25) is 0 Å². The van der Waals surface area contributed by atoms with E-state index in [9.17, 15) is 13.2 Å². The number of aromatic nitrogens is 3. The number of hydrogen-bond acceptors (Lipinski definition) is 3. The molecule has 80 valence electrons. The van der Waals surface area contributed by atoms with E-state index in [-0.39, 0.29) is 5.69 Å². The molecule has 0 bridgehead atoms. The van der Waals surface area contributed by atoms with Crippen molar-refractivity contribution in [2.24, 2.45) is 0 Å². The standard InChI is InChI=1S/C8H7F3N4/c9-8(10,11)4-15-3-5-1-13-2-6(12)7(5)14-15/h1-3H,4,12H2. The van der Waals surface area contributed by atoms with Gasteiger partial charge in [-0.2, -0.15) is 18.3 Å². The van der Waals surface area contributed by atoms with Crippen LogP contribution in [0.3, 0.4) is 0 Å². The zero-order chi connectivity index (χ0) is 11.1. The van der Waals surface area contributed by atoms with Gasteiger partial charge in [-0.15, -0.1) is 0 Å². The Bertz CT molecular complexity index is 488. The summed E-state index contributed by atoms with van der Waals surface area (Å²) in [7, 11) is 0. The summed E-state index contributed by atoms with van der Waals surface area (Å²) >= 11 is 0. The number of nitrogens with two attached hydrogens (primary N) is 1. The van der Waals surface area contributed by atoms with Gasteiger partial charge in [0.15, 0.2) is 0 Å². The van der Waals surface area contributed by atoms with Crippen LogP contribution in [0.4, 0.5) is 18.9 Å². The molecule has 2 aromatic rings. The molecule has 4 nitrogen and oxygen atoms in total. The molecule has 7 heteroatoms. The van der Waals surface area contributed by atoms with E-state index < -0.39 is 12.7 Å². The van der Waals surface area contributed by atoms with Gasteiger partial charge < -0.3 is 5.73 Å². The van der Waals surface area contributed by atoms with Gasteiger partial charge >= 0.3 is 6.18 Å². The fourth-order valence-corrected chi connectivity index (χ4v) is 1.28. The lowest BCUT2D eigenvalue weighted by Crippen LogP contribution is -2.17. The van der Waals surface area contributed by atoms with E-state index in [0.29, 0.717) is 10.9 Å². The first-order valence-electron chi connectivity index (χ1n) is 4.09. The second kappa shape index (κ2) is 3.11. The number of rotatable bonds is 1. The van der Waals surface area contributed by atoms with Crippen LogP contribution in [0.1, 0.15) is 0 Å². The topological polar surface area (TPSA) is 56.7 Å². The van der Waals surface area contributed by atoms with Crippen molar-refractivity contribution in [3.63, 3.8) is 0 Å². The van der Waals surface area contributed by atoms with Gasteiger partial charge in [-0.1, -0.05) is 0 Å². The Morgan fingerprint density at radius 1 is 1.33 bits per heavy atom. The summed E-state index contributed by atoms with van der Waals surface area (Å²) in [6.07, 6.45) is -0.241. The maximum Gasteiger partial charge on any atom is 0.408 e. The van der Waals surface area contributed by atoms with E-state index in [1.807, 2.05) is 0 Å². The molecular weight excluding hydrogens is 209 g/mol. The minimum absolute atomic E-state index is 0.272. The summed E-state index contributed by atoms with van der Waals surface area (Å²) in [5.74, 6) is 0. The Morgan fingerprint density at radius 3 is 2.67 bits per heavy atom. The number of pyridine rings is 1. The zero-order valence-corrected chi connectivity index (χ0v) is 7.49. The SMILES string of the molecule is Nc1cncc2cn(CC(F)(F)F)nc12. The summed E-state index contributed by atoms with van der Waals surface area (Å²) < 4.78 is 37.0. The predicted octanol–water partition coefficient (Wildman–Crippen LogP) is 1.58. The second-order valence-corrected chi connectivity index (χ2v) is 3.11. The molecule has 2 rings (SSSR count). The summed E-state index contributed by atoms with van der Waals surface area (Å²) in [6.45, 7) is -1.12. The number of anilines is 1. The van der Waals surface area contributed by atoms with Crippen LogP contribution in [0.15, 0.2) is 18.6 Å². The number of hydrogen-bond donors (Lipinski definition) is 1. The molecule has 0 aliphatic carbocycles. The fraction of sp³-hybridized carbons (Fsp3) is 0.250. The van der Waals surface area contributed by atoms with Crippen LogP contribution in [0, 0.1) is 0 Å². The molecule has 15 heavy (non-hydrogen) atoms. The van der Waals surface area contributed by atoms with Gasteiger partial charge in [0, 0.05) is 17.8 Å². The van der Waals surface area contributed by atoms with Gasteiger partial charge in [0.25, 0.3) is 0 Å². The van der Waals surface area contributed by atoms with Crippen LogP contribution >= 0.6 is 0 Å². The molecule has 0 amide bonds. The van der Waals surface area contributed by atoms with Crippen LogP contribution in [-0.4, -0.2) is 20.9 Å². The molecule has 2 N–H and O–H groups in total. The molecule has 0 atom stereocenters.